The topological polar surface area (TPSA) is 39.4 Å². The van der Waals surface area contributed by atoms with E-state index in [1.807, 2.05) is 80.6 Å². The van der Waals surface area contributed by atoms with Crippen molar-refractivity contribution < 1.29 is 9.15 Å². The molecule has 0 saturated heterocycles. The Morgan fingerprint density at radius 3 is 2.38 bits per heavy atom. The van der Waals surface area contributed by atoms with Gasteiger partial charge in [-0.25, -0.2) is 4.79 Å². The molecular weight excluding hydrogens is 384 g/mol. The first-order valence-corrected chi connectivity index (χ1v) is 9.87. The van der Waals surface area contributed by atoms with Gasteiger partial charge in [-0.05, 0) is 60.4 Å². The van der Waals surface area contributed by atoms with Crippen molar-refractivity contribution >= 4 is 22.6 Å². The molecule has 0 aliphatic carbocycles. The summed E-state index contributed by atoms with van der Waals surface area (Å²) in [5.74, 6) is 0.713. The van der Waals surface area contributed by atoms with Gasteiger partial charge in [0.2, 0.25) is 0 Å². The zero-order valence-corrected chi connectivity index (χ0v) is 17.1. The lowest BCUT2D eigenvalue weighted by Crippen LogP contribution is -2.11. The monoisotopic (exact) mass is 404 g/mol. The van der Waals surface area contributed by atoms with Crippen LogP contribution in [0.25, 0.3) is 11.0 Å². The smallest absolute Gasteiger partial charge is 0.340 e. The highest BCUT2D eigenvalue weighted by atomic mass is 35.5. The van der Waals surface area contributed by atoms with Crippen LogP contribution in [0.15, 0.2) is 75.9 Å². The van der Waals surface area contributed by atoms with E-state index in [-0.39, 0.29) is 5.63 Å². The average Bonchev–Trinajstić information content (AvgIpc) is 2.71. The number of fused-ring (bicyclic) bond motifs is 1. The van der Waals surface area contributed by atoms with Gasteiger partial charge in [-0.15, -0.1) is 0 Å². The van der Waals surface area contributed by atoms with Gasteiger partial charge < -0.3 is 9.15 Å². The third-order valence-electron chi connectivity index (χ3n) is 5.02. The molecule has 0 atom stereocenters. The maximum Gasteiger partial charge on any atom is 0.340 e. The van der Waals surface area contributed by atoms with E-state index < -0.39 is 0 Å². The van der Waals surface area contributed by atoms with Crippen LogP contribution in [0.2, 0.25) is 5.02 Å². The normalized spacial score (nSPS) is 11.0. The van der Waals surface area contributed by atoms with E-state index in [2.05, 4.69) is 0 Å². The summed E-state index contributed by atoms with van der Waals surface area (Å²) in [5, 5.41) is 1.54. The van der Waals surface area contributed by atoms with E-state index in [0.29, 0.717) is 34.9 Å². The highest BCUT2D eigenvalue weighted by molar-refractivity contribution is 6.30. The molecule has 0 saturated carbocycles. The fraction of sp³-hybridized carbons (Fsp3) is 0.160. The molecule has 4 rings (SSSR count). The van der Waals surface area contributed by atoms with Crippen LogP contribution in [-0.4, -0.2) is 0 Å². The summed E-state index contributed by atoms with van der Waals surface area (Å²) >= 11 is 5.96. The molecule has 0 fully saturated rings. The van der Waals surface area contributed by atoms with Crippen LogP contribution in [0.5, 0.6) is 5.75 Å². The van der Waals surface area contributed by atoms with Crippen molar-refractivity contribution in [3.63, 3.8) is 0 Å². The molecule has 4 aromatic rings. The van der Waals surface area contributed by atoms with Crippen LogP contribution < -0.4 is 10.4 Å². The second-order valence-corrected chi connectivity index (χ2v) is 7.64. The Labute approximate surface area is 174 Å². The molecule has 29 heavy (non-hydrogen) atoms. The van der Waals surface area contributed by atoms with Gasteiger partial charge in [0.1, 0.15) is 17.9 Å². The van der Waals surface area contributed by atoms with Gasteiger partial charge in [-0.2, -0.15) is 0 Å². The predicted octanol–water partition coefficient (Wildman–Crippen LogP) is 6.23. The van der Waals surface area contributed by atoms with Crippen molar-refractivity contribution in [2.75, 3.05) is 0 Å². The fourth-order valence-corrected chi connectivity index (χ4v) is 3.62. The minimum absolute atomic E-state index is 0.298. The molecule has 3 nitrogen and oxygen atoms in total. The summed E-state index contributed by atoms with van der Waals surface area (Å²) in [4.78, 5) is 12.7. The first-order chi connectivity index (χ1) is 14.0. The van der Waals surface area contributed by atoms with Crippen LogP contribution >= 0.6 is 11.6 Å². The van der Waals surface area contributed by atoms with Crippen LogP contribution in [0, 0.1) is 13.8 Å². The van der Waals surface area contributed by atoms with Gasteiger partial charge in [-0.3, -0.25) is 0 Å². The standard InChI is InChI=1S/C25H21ClO3/c1-16-12-22(28-15-19-8-10-20(26)11-9-19)24-17(2)21(25(27)29-23(24)13-16)14-18-6-4-3-5-7-18/h3-13H,14-15H2,1-2H3. The first kappa shape index (κ1) is 19.3. The molecule has 0 bridgehead atoms. The first-order valence-electron chi connectivity index (χ1n) is 9.49. The minimum atomic E-state index is -0.298. The molecule has 0 amide bonds. The van der Waals surface area contributed by atoms with Gasteiger partial charge in [0, 0.05) is 17.0 Å². The summed E-state index contributed by atoms with van der Waals surface area (Å²) < 4.78 is 11.8. The molecule has 0 aliphatic rings. The second-order valence-electron chi connectivity index (χ2n) is 7.21. The summed E-state index contributed by atoms with van der Waals surface area (Å²) in [7, 11) is 0. The number of rotatable bonds is 5. The van der Waals surface area contributed by atoms with E-state index in [4.69, 9.17) is 20.8 Å². The number of benzene rings is 3. The van der Waals surface area contributed by atoms with Crippen LogP contribution in [0.3, 0.4) is 0 Å². The molecule has 0 N–H and O–H groups in total. The Bertz CT molecular complexity index is 1210. The molecule has 4 heteroatoms. The maximum absolute atomic E-state index is 12.7. The molecular formula is C25H21ClO3. The largest absolute Gasteiger partial charge is 0.488 e. The van der Waals surface area contributed by atoms with E-state index in [1.54, 1.807) is 0 Å². The zero-order chi connectivity index (χ0) is 20.4. The Hall–Kier alpha value is -3.04. The highest BCUT2D eigenvalue weighted by Gasteiger charge is 2.16. The third-order valence-corrected chi connectivity index (χ3v) is 5.27. The second kappa shape index (κ2) is 8.14. The molecule has 0 unspecified atom stereocenters. The minimum Gasteiger partial charge on any atom is -0.488 e. The van der Waals surface area contributed by atoms with Crippen molar-refractivity contribution in [1.29, 1.82) is 0 Å². The van der Waals surface area contributed by atoms with Gasteiger partial charge in [0.15, 0.2) is 0 Å². The van der Waals surface area contributed by atoms with E-state index in [1.165, 1.54) is 0 Å². The van der Waals surface area contributed by atoms with Gasteiger partial charge >= 0.3 is 5.63 Å². The van der Waals surface area contributed by atoms with Crippen molar-refractivity contribution in [2.24, 2.45) is 0 Å². The average molecular weight is 405 g/mol. The summed E-state index contributed by atoms with van der Waals surface area (Å²) in [5.41, 5.74) is 4.86. The lowest BCUT2D eigenvalue weighted by Gasteiger charge is -2.14. The molecule has 1 heterocycles. The lowest BCUT2D eigenvalue weighted by atomic mass is 9.98. The van der Waals surface area contributed by atoms with Crippen molar-refractivity contribution in [3.8, 4) is 5.75 Å². The molecule has 1 aromatic heterocycles. The van der Waals surface area contributed by atoms with Crippen LogP contribution in [0.4, 0.5) is 0 Å². The van der Waals surface area contributed by atoms with Crippen molar-refractivity contribution in [3.05, 3.63) is 110 Å². The molecule has 0 spiro atoms. The van der Waals surface area contributed by atoms with Gasteiger partial charge in [0.05, 0.1) is 5.39 Å². The Morgan fingerprint density at radius 1 is 0.931 bits per heavy atom. The summed E-state index contributed by atoms with van der Waals surface area (Å²) in [6.07, 6.45) is 0.523. The number of aryl methyl sites for hydroxylation is 2. The molecule has 3 aromatic carbocycles. The van der Waals surface area contributed by atoms with Crippen LogP contribution in [-0.2, 0) is 13.0 Å². The van der Waals surface area contributed by atoms with E-state index in [0.717, 1.165) is 27.6 Å². The Balaban J connectivity index is 1.76. The molecule has 0 aliphatic heterocycles. The van der Waals surface area contributed by atoms with Crippen molar-refractivity contribution in [1.82, 2.24) is 0 Å². The van der Waals surface area contributed by atoms with Crippen molar-refractivity contribution in [2.45, 2.75) is 26.9 Å². The summed E-state index contributed by atoms with van der Waals surface area (Å²) in [6.45, 7) is 4.33. The highest BCUT2D eigenvalue weighted by Crippen LogP contribution is 2.32. The maximum atomic E-state index is 12.7. The van der Waals surface area contributed by atoms with E-state index >= 15 is 0 Å². The SMILES string of the molecule is Cc1cc(OCc2ccc(Cl)cc2)c2c(C)c(Cc3ccccc3)c(=O)oc2c1. The number of hydrogen-bond donors (Lipinski definition) is 0. The molecule has 0 radical (unpaired) electrons. The predicted molar refractivity (Wildman–Crippen MR) is 117 cm³/mol. The molecule has 146 valence electrons. The summed E-state index contributed by atoms with van der Waals surface area (Å²) in [6, 6.07) is 21.4. The number of halogens is 1. The fourth-order valence-electron chi connectivity index (χ4n) is 3.50. The third kappa shape index (κ3) is 4.20. The van der Waals surface area contributed by atoms with Gasteiger partial charge in [-0.1, -0.05) is 54.1 Å². The zero-order valence-electron chi connectivity index (χ0n) is 16.4. The Kier molecular flexibility index (Phi) is 5.41. The number of hydrogen-bond acceptors (Lipinski definition) is 3. The number of ether oxygens (including phenoxy) is 1. The quantitative estimate of drug-likeness (QED) is 0.370. The van der Waals surface area contributed by atoms with E-state index in [9.17, 15) is 4.79 Å². The lowest BCUT2D eigenvalue weighted by molar-refractivity contribution is 0.309. The van der Waals surface area contributed by atoms with Gasteiger partial charge in [0.25, 0.3) is 0 Å². The Morgan fingerprint density at radius 2 is 1.66 bits per heavy atom. The van der Waals surface area contributed by atoms with Crippen LogP contribution in [0.1, 0.15) is 27.8 Å².